The molecule has 0 aliphatic heterocycles. The van der Waals surface area contributed by atoms with Crippen molar-refractivity contribution in [2.75, 3.05) is 11.9 Å². The number of fused-ring (bicyclic) bond motifs is 1. The number of anilines is 1. The Kier molecular flexibility index (Phi) is 4.52. The number of rotatable bonds is 5. The number of hydrogen-bond acceptors (Lipinski definition) is 4. The summed E-state index contributed by atoms with van der Waals surface area (Å²) in [6.45, 7) is 1.71. The monoisotopic (exact) mass is 320 g/mol. The lowest BCUT2D eigenvalue weighted by Gasteiger charge is -2.10. The van der Waals surface area contributed by atoms with Gasteiger partial charge in [0.05, 0.1) is 16.8 Å². The predicted molar refractivity (Wildman–Crippen MR) is 92.4 cm³/mol. The molecule has 0 saturated carbocycles. The Morgan fingerprint density at radius 3 is 2.79 bits per heavy atom. The molecule has 1 N–H and O–H groups in total. The molecule has 0 bridgehead atoms. The molecule has 0 aliphatic carbocycles. The van der Waals surface area contributed by atoms with Crippen LogP contribution < -0.4 is 10.1 Å². The smallest absolute Gasteiger partial charge is 0.262 e. The second kappa shape index (κ2) is 6.91. The Balaban J connectivity index is 1.73. The largest absolute Gasteiger partial charge is 0.483 e. The van der Waals surface area contributed by atoms with E-state index in [9.17, 15) is 9.59 Å². The van der Waals surface area contributed by atoms with Gasteiger partial charge in [-0.2, -0.15) is 0 Å². The van der Waals surface area contributed by atoms with Crippen LogP contribution >= 0.6 is 0 Å². The molecular weight excluding hydrogens is 304 g/mol. The molecule has 5 heteroatoms. The van der Waals surface area contributed by atoms with Crippen molar-refractivity contribution in [3.05, 3.63) is 65.9 Å². The summed E-state index contributed by atoms with van der Waals surface area (Å²) in [4.78, 5) is 27.6. The quantitative estimate of drug-likeness (QED) is 0.732. The normalized spacial score (nSPS) is 10.4. The highest BCUT2D eigenvalue weighted by Gasteiger charge is 2.09. The molecule has 5 nitrogen and oxygen atoms in total. The van der Waals surface area contributed by atoms with Crippen molar-refractivity contribution >= 4 is 28.8 Å². The maximum absolute atomic E-state index is 12.2. The van der Waals surface area contributed by atoms with Crippen molar-refractivity contribution < 1.29 is 14.3 Å². The summed E-state index contributed by atoms with van der Waals surface area (Å²) in [5.41, 5.74) is 2.65. The van der Waals surface area contributed by atoms with E-state index in [1.807, 2.05) is 31.2 Å². The topological polar surface area (TPSA) is 68.3 Å². The summed E-state index contributed by atoms with van der Waals surface area (Å²) < 4.78 is 5.43. The number of pyridine rings is 1. The molecule has 2 aromatic carbocycles. The van der Waals surface area contributed by atoms with Gasteiger partial charge in [0, 0.05) is 11.1 Å². The van der Waals surface area contributed by atoms with E-state index in [1.54, 1.807) is 30.3 Å². The minimum Gasteiger partial charge on any atom is -0.483 e. The molecule has 3 rings (SSSR count). The van der Waals surface area contributed by atoms with Gasteiger partial charge in [0.25, 0.3) is 5.91 Å². The van der Waals surface area contributed by atoms with Gasteiger partial charge < -0.3 is 10.1 Å². The van der Waals surface area contributed by atoms with Crippen molar-refractivity contribution in [3.63, 3.8) is 0 Å². The summed E-state index contributed by atoms with van der Waals surface area (Å²) in [6.07, 6.45) is 0.699. The first-order valence-electron chi connectivity index (χ1n) is 7.50. The number of carbonyl (C=O) groups is 2. The van der Waals surface area contributed by atoms with Gasteiger partial charge in [-0.25, -0.2) is 0 Å². The van der Waals surface area contributed by atoms with Crippen molar-refractivity contribution in [2.45, 2.75) is 6.92 Å². The summed E-state index contributed by atoms with van der Waals surface area (Å²) >= 11 is 0. The minimum absolute atomic E-state index is 0.187. The van der Waals surface area contributed by atoms with E-state index in [1.165, 1.54) is 0 Å². The Bertz CT molecular complexity index is 906. The summed E-state index contributed by atoms with van der Waals surface area (Å²) in [5.74, 6) is 0.0704. The molecule has 0 unspecified atom stereocenters. The predicted octanol–water partition coefficient (Wildman–Crippen LogP) is 3.37. The van der Waals surface area contributed by atoms with Crippen LogP contribution in [0.25, 0.3) is 10.9 Å². The number of aldehydes is 1. The number of amides is 1. The third-order valence-corrected chi connectivity index (χ3v) is 3.54. The highest BCUT2D eigenvalue weighted by molar-refractivity contribution is 6.00. The van der Waals surface area contributed by atoms with E-state index in [2.05, 4.69) is 10.3 Å². The van der Waals surface area contributed by atoms with Crippen LogP contribution in [-0.2, 0) is 4.79 Å². The Morgan fingerprint density at radius 2 is 1.96 bits per heavy atom. The maximum atomic E-state index is 12.2. The van der Waals surface area contributed by atoms with Gasteiger partial charge in [0.1, 0.15) is 5.75 Å². The van der Waals surface area contributed by atoms with Crippen LogP contribution in [0.15, 0.2) is 54.6 Å². The van der Waals surface area contributed by atoms with Crippen LogP contribution in [0.4, 0.5) is 5.69 Å². The van der Waals surface area contributed by atoms with Crippen LogP contribution in [0.1, 0.15) is 16.1 Å². The highest BCUT2D eigenvalue weighted by Crippen LogP contribution is 2.22. The van der Waals surface area contributed by atoms with Crippen LogP contribution in [0.2, 0.25) is 0 Å². The molecule has 0 atom stereocenters. The van der Waals surface area contributed by atoms with Crippen molar-refractivity contribution in [1.29, 1.82) is 0 Å². The average Bonchev–Trinajstić information content (AvgIpc) is 2.60. The van der Waals surface area contributed by atoms with Gasteiger partial charge >= 0.3 is 0 Å². The number of aromatic nitrogens is 1. The second-order valence-corrected chi connectivity index (χ2v) is 5.32. The zero-order valence-electron chi connectivity index (χ0n) is 13.2. The Hall–Kier alpha value is -3.21. The lowest BCUT2D eigenvalue weighted by atomic mass is 10.1. The number of hydrogen-bond donors (Lipinski definition) is 1. The summed E-state index contributed by atoms with van der Waals surface area (Å²) in [7, 11) is 0. The molecule has 0 radical (unpaired) electrons. The minimum atomic E-state index is -0.313. The van der Waals surface area contributed by atoms with Gasteiger partial charge in [-0.05, 0) is 31.2 Å². The summed E-state index contributed by atoms with van der Waals surface area (Å²) in [5, 5.41) is 3.75. The van der Waals surface area contributed by atoms with Crippen molar-refractivity contribution in [2.24, 2.45) is 0 Å². The summed E-state index contributed by atoms with van der Waals surface area (Å²) in [6, 6.07) is 16.3. The first kappa shape index (κ1) is 15.7. The fourth-order valence-corrected chi connectivity index (χ4v) is 2.38. The average molecular weight is 320 g/mol. The number of nitrogens with one attached hydrogen (secondary N) is 1. The number of nitrogens with zero attached hydrogens (tertiary/aromatic N) is 1. The van der Waals surface area contributed by atoms with Crippen LogP contribution in [0.5, 0.6) is 5.75 Å². The molecule has 0 fully saturated rings. The highest BCUT2D eigenvalue weighted by atomic mass is 16.5. The fraction of sp³-hybridized carbons (Fsp3) is 0.105. The van der Waals surface area contributed by atoms with Gasteiger partial charge in [-0.1, -0.05) is 30.3 Å². The molecule has 1 amide bonds. The molecular formula is C19H16N2O3. The molecule has 0 saturated heterocycles. The van der Waals surface area contributed by atoms with Crippen LogP contribution in [0.3, 0.4) is 0 Å². The SMILES string of the molecule is Cc1ccc2cccc(NC(=O)COc3ccccc3C=O)c2n1. The maximum Gasteiger partial charge on any atom is 0.262 e. The van der Waals surface area contributed by atoms with Gasteiger partial charge in [-0.3, -0.25) is 14.6 Å². The number of benzene rings is 2. The molecule has 3 aromatic rings. The second-order valence-electron chi connectivity index (χ2n) is 5.32. The Morgan fingerprint density at radius 1 is 1.12 bits per heavy atom. The molecule has 1 aromatic heterocycles. The molecule has 0 aliphatic rings. The zero-order valence-corrected chi connectivity index (χ0v) is 13.2. The number of para-hydroxylation sites is 2. The van der Waals surface area contributed by atoms with Gasteiger partial charge in [-0.15, -0.1) is 0 Å². The molecule has 120 valence electrons. The van der Waals surface area contributed by atoms with E-state index in [0.29, 0.717) is 23.3 Å². The fourth-order valence-electron chi connectivity index (χ4n) is 2.38. The molecule has 24 heavy (non-hydrogen) atoms. The molecule has 1 heterocycles. The number of ether oxygens (including phenoxy) is 1. The third-order valence-electron chi connectivity index (χ3n) is 3.54. The van der Waals surface area contributed by atoms with E-state index in [0.717, 1.165) is 16.6 Å². The van der Waals surface area contributed by atoms with E-state index < -0.39 is 0 Å². The zero-order chi connectivity index (χ0) is 16.9. The third kappa shape index (κ3) is 3.41. The lowest BCUT2D eigenvalue weighted by molar-refractivity contribution is -0.118. The van der Waals surface area contributed by atoms with Gasteiger partial charge in [0.15, 0.2) is 12.9 Å². The van der Waals surface area contributed by atoms with Crippen LogP contribution in [-0.4, -0.2) is 23.8 Å². The van der Waals surface area contributed by atoms with Crippen molar-refractivity contribution in [1.82, 2.24) is 4.98 Å². The number of aryl methyl sites for hydroxylation is 1. The van der Waals surface area contributed by atoms with Crippen molar-refractivity contribution in [3.8, 4) is 5.75 Å². The lowest BCUT2D eigenvalue weighted by Crippen LogP contribution is -2.20. The number of carbonyl (C=O) groups excluding carboxylic acids is 2. The first-order chi connectivity index (χ1) is 11.7. The van der Waals surface area contributed by atoms with Crippen LogP contribution in [0, 0.1) is 6.92 Å². The molecule has 0 spiro atoms. The standard InChI is InChI=1S/C19H16N2O3/c1-13-9-10-14-6-4-7-16(19(14)20-13)21-18(23)12-24-17-8-3-2-5-15(17)11-22/h2-11H,12H2,1H3,(H,21,23). The Labute approximate surface area is 139 Å². The van der Waals surface area contributed by atoms with E-state index in [4.69, 9.17) is 4.74 Å². The van der Waals surface area contributed by atoms with Gasteiger partial charge in [0.2, 0.25) is 0 Å². The first-order valence-corrected chi connectivity index (χ1v) is 7.50. The van der Waals surface area contributed by atoms with E-state index >= 15 is 0 Å². The van der Waals surface area contributed by atoms with E-state index in [-0.39, 0.29) is 12.5 Å².